The van der Waals surface area contributed by atoms with E-state index in [4.69, 9.17) is 0 Å². The molecule has 1 aliphatic heterocycles. The van der Waals surface area contributed by atoms with Crippen molar-refractivity contribution in [1.29, 1.82) is 0 Å². The summed E-state index contributed by atoms with van der Waals surface area (Å²) in [6, 6.07) is 10.4. The van der Waals surface area contributed by atoms with Crippen LogP contribution in [0.15, 0.2) is 51.4 Å². The van der Waals surface area contributed by atoms with Crippen LogP contribution in [0.25, 0.3) is 0 Å². The third kappa shape index (κ3) is 4.98. The van der Waals surface area contributed by atoms with Gasteiger partial charge in [-0.3, -0.25) is 0 Å². The van der Waals surface area contributed by atoms with Gasteiger partial charge >= 0.3 is 12.1 Å². The molecule has 1 saturated heterocycles. The highest BCUT2D eigenvalue weighted by atomic mass is 79.9. The summed E-state index contributed by atoms with van der Waals surface area (Å²) < 4.78 is 14.8. The molecule has 0 aliphatic carbocycles. The first-order chi connectivity index (χ1) is 12.8. The van der Waals surface area contributed by atoms with Gasteiger partial charge in [-0.15, -0.1) is 0 Å². The molecule has 0 saturated carbocycles. The predicted octanol–water partition coefficient (Wildman–Crippen LogP) is 4.62. The van der Waals surface area contributed by atoms with Gasteiger partial charge in [0, 0.05) is 33.6 Å². The van der Waals surface area contributed by atoms with E-state index in [9.17, 15) is 19.1 Å². The van der Waals surface area contributed by atoms with Crippen molar-refractivity contribution in [2.24, 2.45) is 0 Å². The van der Waals surface area contributed by atoms with Crippen LogP contribution in [0, 0.1) is 5.82 Å². The Bertz CT molecular complexity index is 843. The van der Waals surface area contributed by atoms with Crippen LogP contribution in [-0.2, 0) is 0 Å². The minimum absolute atomic E-state index is 0.160. The lowest BCUT2D eigenvalue weighted by atomic mass is 9.94. The van der Waals surface area contributed by atoms with Gasteiger partial charge in [-0.05, 0) is 35.9 Å². The number of nitrogens with one attached hydrogen (secondary N) is 2. The quantitative estimate of drug-likeness (QED) is 0.575. The van der Waals surface area contributed by atoms with Crippen LogP contribution in [0.5, 0.6) is 0 Å². The molecule has 1 fully saturated rings. The molecule has 0 bridgehead atoms. The molecule has 9 heteroatoms. The first-order valence-corrected chi connectivity index (χ1v) is 9.67. The zero-order valence-corrected chi connectivity index (χ0v) is 17.1. The summed E-state index contributed by atoms with van der Waals surface area (Å²) in [4.78, 5) is 25.0. The number of amides is 3. The number of hydrogen-bond donors (Lipinski definition) is 3. The van der Waals surface area contributed by atoms with Gasteiger partial charge in [-0.25, -0.2) is 14.0 Å². The summed E-state index contributed by atoms with van der Waals surface area (Å²) in [5.41, 5.74) is 1.36. The first kappa shape index (κ1) is 19.6. The van der Waals surface area contributed by atoms with E-state index in [1.165, 1.54) is 17.0 Å². The molecule has 2 atom stereocenters. The van der Waals surface area contributed by atoms with E-state index in [0.29, 0.717) is 5.69 Å². The fraction of sp³-hybridized carbons (Fsp3) is 0.222. The molecule has 6 nitrogen and oxygen atoms in total. The van der Waals surface area contributed by atoms with Crippen LogP contribution in [0.4, 0.5) is 19.7 Å². The Morgan fingerprint density at radius 3 is 2.30 bits per heavy atom. The van der Waals surface area contributed by atoms with Gasteiger partial charge in [0.1, 0.15) is 5.82 Å². The zero-order chi connectivity index (χ0) is 19.6. The molecule has 1 aliphatic rings. The van der Waals surface area contributed by atoms with Gasteiger partial charge in [0.2, 0.25) is 0 Å². The molecular weight excluding hydrogens is 485 g/mol. The van der Waals surface area contributed by atoms with E-state index in [2.05, 4.69) is 42.5 Å². The van der Waals surface area contributed by atoms with E-state index in [0.717, 1.165) is 14.5 Å². The van der Waals surface area contributed by atoms with E-state index >= 15 is 0 Å². The average molecular weight is 501 g/mol. The van der Waals surface area contributed by atoms with Crippen molar-refractivity contribution < 1.29 is 19.1 Å². The van der Waals surface area contributed by atoms with Gasteiger partial charge < -0.3 is 20.6 Å². The van der Waals surface area contributed by atoms with Crippen LogP contribution >= 0.6 is 31.9 Å². The number of carbonyl (C=O) groups excluding carboxylic acids is 1. The molecule has 1 heterocycles. The van der Waals surface area contributed by atoms with Crippen molar-refractivity contribution in [3.8, 4) is 0 Å². The summed E-state index contributed by atoms with van der Waals surface area (Å²) in [5, 5.41) is 14.9. The highest BCUT2D eigenvalue weighted by Crippen LogP contribution is 2.28. The smallest absolute Gasteiger partial charge is 0.407 e. The summed E-state index contributed by atoms with van der Waals surface area (Å²) in [5.74, 6) is -0.629. The van der Waals surface area contributed by atoms with Crippen molar-refractivity contribution in [3.05, 3.63) is 62.8 Å². The SMILES string of the molecule is O=C(Nc1cc(Br)cc(Br)c1)N[C@@H]1CN(C(=O)O)C[C@H]1c1ccc(F)cc1. The van der Waals surface area contributed by atoms with E-state index in [-0.39, 0.29) is 24.8 Å². The Labute approximate surface area is 172 Å². The van der Waals surface area contributed by atoms with Gasteiger partial charge in [0.05, 0.1) is 6.04 Å². The normalized spacial score (nSPS) is 19.0. The van der Waals surface area contributed by atoms with E-state index < -0.39 is 18.2 Å². The maximum Gasteiger partial charge on any atom is 0.407 e. The van der Waals surface area contributed by atoms with Gasteiger partial charge in [-0.1, -0.05) is 44.0 Å². The van der Waals surface area contributed by atoms with Gasteiger partial charge in [-0.2, -0.15) is 0 Å². The molecule has 0 unspecified atom stereocenters. The van der Waals surface area contributed by atoms with Crippen LogP contribution in [-0.4, -0.2) is 41.3 Å². The van der Waals surface area contributed by atoms with Crippen molar-refractivity contribution in [1.82, 2.24) is 10.2 Å². The van der Waals surface area contributed by atoms with Crippen molar-refractivity contribution in [3.63, 3.8) is 0 Å². The first-order valence-electron chi connectivity index (χ1n) is 8.09. The molecule has 0 aromatic heterocycles. The summed E-state index contributed by atoms with van der Waals surface area (Å²) in [7, 11) is 0. The fourth-order valence-corrected chi connectivity index (χ4v) is 4.41. The van der Waals surface area contributed by atoms with Crippen LogP contribution in [0.1, 0.15) is 11.5 Å². The Morgan fingerprint density at radius 1 is 1.07 bits per heavy atom. The molecule has 27 heavy (non-hydrogen) atoms. The number of hydrogen-bond acceptors (Lipinski definition) is 2. The fourth-order valence-electron chi connectivity index (χ4n) is 3.12. The number of anilines is 1. The number of carboxylic acid groups (broad SMARTS) is 1. The Kier molecular flexibility index (Phi) is 6.01. The zero-order valence-electron chi connectivity index (χ0n) is 14.0. The number of likely N-dealkylation sites (tertiary alicyclic amines) is 1. The number of benzene rings is 2. The van der Waals surface area contributed by atoms with Crippen LogP contribution < -0.4 is 10.6 Å². The second-order valence-corrected chi connectivity index (χ2v) is 8.04. The average Bonchev–Trinajstić information content (AvgIpc) is 2.98. The number of nitrogens with zero attached hydrogens (tertiary/aromatic N) is 1. The maximum atomic E-state index is 13.2. The standard InChI is InChI=1S/C18H16Br2FN3O3/c19-11-5-12(20)7-14(6-11)22-17(25)23-16-9-24(18(26)27)8-15(16)10-1-3-13(21)4-2-10/h1-7,15-16H,8-9H2,(H,26,27)(H2,22,23,25)/t15-,16+/m0/s1. The highest BCUT2D eigenvalue weighted by molar-refractivity contribution is 9.11. The largest absolute Gasteiger partial charge is 0.465 e. The third-order valence-corrected chi connectivity index (χ3v) is 5.24. The number of halogens is 3. The number of urea groups is 1. The molecule has 142 valence electrons. The molecule has 3 rings (SSSR count). The molecule has 0 spiro atoms. The second kappa shape index (κ2) is 8.26. The van der Waals surface area contributed by atoms with E-state index in [1.54, 1.807) is 24.3 Å². The van der Waals surface area contributed by atoms with Crippen molar-refractivity contribution in [2.45, 2.75) is 12.0 Å². The second-order valence-electron chi connectivity index (χ2n) is 6.21. The monoisotopic (exact) mass is 499 g/mol. The van der Waals surface area contributed by atoms with Crippen molar-refractivity contribution >= 4 is 49.7 Å². The summed E-state index contributed by atoms with van der Waals surface area (Å²) >= 11 is 6.71. The lowest BCUT2D eigenvalue weighted by Crippen LogP contribution is -2.42. The molecule has 2 aromatic rings. The molecule has 2 aromatic carbocycles. The Hall–Kier alpha value is -2.13. The minimum atomic E-state index is -1.05. The minimum Gasteiger partial charge on any atom is -0.465 e. The Balaban J connectivity index is 1.74. The number of carbonyl (C=O) groups is 2. The van der Waals surface area contributed by atoms with Crippen LogP contribution in [0.3, 0.4) is 0 Å². The van der Waals surface area contributed by atoms with Crippen LogP contribution in [0.2, 0.25) is 0 Å². The van der Waals surface area contributed by atoms with Crippen molar-refractivity contribution in [2.75, 3.05) is 18.4 Å². The van der Waals surface area contributed by atoms with E-state index in [1.807, 2.05) is 6.07 Å². The lowest BCUT2D eigenvalue weighted by molar-refractivity contribution is 0.154. The molecule has 0 radical (unpaired) electrons. The maximum absolute atomic E-state index is 13.2. The lowest BCUT2D eigenvalue weighted by Gasteiger charge is -2.20. The predicted molar refractivity (Wildman–Crippen MR) is 107 cm³/mol. The number of rotatable bonds is 3. The molecule has 3 N–H and O–H groups in total. The summed E-state index contributed by atoms with van der Waals surface area (Å²) in [6.07, 6.45) is -1.05. The topological polar surface area (TPSA) is 81.7 Å². The Morgan fingerprint density at radius 2 is 1.70 bits per heavy atom. The summed E-state index contributed by atoms with van der Waals surface area (Å²) in [6.45, 7) is 0.390. The third-order valence-electron chi connectivity index (χ3n) is 4.33. The van der Waals surface area contributed by atoms with Gasteiger partial charge in [0.15, 0.2) is 0 Å². The molecule has 3 amide bonds. The van der Waals surface area contributed by atoms with Gasteiger partial charge in [0.25, 0.3) is 0 Å². The molecular formula is C18H16Br2FN3O3. The highest BCUT2D eigenvalue weighted by Gasteiger charge is 2.37.